The maximum atomic E-state index is 9.53. The van der Waals surface area contributed by atoms with Gasteiger partial charge in [-0.3, -0.25) is 4.90 Å². The van der Waals surface area contributed by atoms with Gasteiger partial charge in [0.2, 0.25) is 5.89 Å². The van der Waals surface area contributed by atoms with Crippen molar-refractivity contribution in [3.63, 3.8) is 0 Å². The van der Waals surface area contributed by atoms with Crippen LogP contribution in [0.2, 0.25) is 0 Å². The van der Waals surface area contributed by atoms with E-state index >= 15 is 0 Å². The molecule has 1 aliphatic rings. The van der Waals surface area contributed by atoms with Gasteiger partial charge >= 0.3 is 0 Å². The molecular formula is C18H14N4O. The minimum absolute atomic E-state index is 0.281. The number of fused-ring (bicyclic) bond motifs is 1. The van der Waals surface area contributed by atoms with E-state index in [9.17, 15) is 5.26 Å². The Morgan fingerprint density at radius 1 is 1.17 bits per heavy atom. The van der Waals surface area contributed by atoms with Gasteiger partial charge < -0.3 is 4.52 Å². The number of hydrogen-bond acceptors (Lipinski definition) is 5. The van der Waals surface area contributed by atoms with E-state index in [1.54, 1.807) is 11.8 Å². The second-order valence-corrected chi connectivity index (χ2v) is 5.54. The number of aryl methyl sites for hydroxylation is 1. The summed E-state index contributed by atoms with van der Waals surface area (Å²) < 4.78 is 5.10. The molecule has 0 amide bonds. The second kappa shape index (κ2) is 5.25. The van der Waals surface area contributed by atoms with Crippen molar-refractivity contribution in [1.29, 1.82) is 5.26 Å². The van der Waals surface area contributed by atoms with E-state index in [0.29, 0.717) is 18.3 Å². The van der Waals surface area contributed by atoms with Crippen LogP contribution in [0.4, 0.5) is 0 Å². The molecule has 3 aromatic rings. The third kappa shape index (κ3) is 2.16. The fourth-order valence-electron chi connectivity index (χ4n) is 3.15. The lowest BCUT2D eigenvalue weighted by molar-refractivity contribution is 0.329. The Kier molecular flexibility index (Phi) is 3.09. The van der Waals surface area contributed by atoms with Crippen LogP contribution in [0, 0.1) is 18.4 Å². The SMILES string of the molecule is Cc1nc(C2c3cccc(-c4ccccc4)c3CN2C#N)no1. The number of nitrogens with zero attached hydrogens (tertiary/aromatic N) is 4. The summed E-state index contributed by atoms with van der Waals surface area (Å²) in [5.74, 6) is 1.04. The van der Waals surface area contributed by atoms with Crippen LogP contribution < -0.4 is 0 Å². The first kappa shape index (κ1) is 13.5. The lowest BCUT2D eigenvalue weighted by Gasteiger charge is -2.14. The van der Waals surface area contributed by atoms with Crippen molar-refractivity contribution in [1.82, 2.24) is 15.0 Å². The summed E-state index contributed by atoms with van der Waals surface area (Å²) in [7, 11) is 0. The molecule has 0 radical (unpaired) electrons. The van der Waals surface area contributed by atoms with E-state index in [-0.39, 0.29) is 6.04 Å². The van der Waals surface area contributed by atoms with Crippen molar-refractivity contribution in [3.8, 4) is 17.3 Å². The number of hydrogen-bond donors (Lipinski definition) is 0. The first-order chi connectivity index (χ1) is 11.3. The molecule has 4 rings (SSSR count). The predicted octanol–water partition coefficient (Wildman–Crippen LogP) is 3.43. The first-order valence-corrected chi connectivity index (χ1v) is 7.41. The van der Waals surface area contributed by atoms with Crippen molar-refractivity contribution in [2.75, 3.05) is 0 Å². The van der Waals surface area contributed by atoms with Crippen LogP contribution in [0.3, 0.4) is 0 Å². The highest BCUT2D eigenvalue weighted by Crippen LogP contribution is 2.41. The second-order valence-electron chi connectivity index (χ2n) is 5.54. The van der Waals surface area contributed by atoms with E-state index in [1.807, 2.05) is 30.3 Å². The summed E-state index contributed by atoms with van der Waals surface area (Å²) in [4.78, 5) is 6.02. The molecule has 112 valence electrons. The predicted molar refractivity (Wildman–Crippen MR) is 83.9 cm³/mol. The molecule has 2 aromatic carbocycles. The third-order valence-corrected chi connectivity index (χ3v) is 4.15. The molecule has 0 saturated heterocycles. The molecule has 2 heterocycles. The van der Waals surface area contributed by atoms with Crippen LogP contribution in [-0.2, 0) is 6.54 Å². The Labute approximate surface area is 133 Å². The Balaban J connectivity index is 1.87. The molecule has 23 heavy (non-hydrogen) atoms. The molecule has 1 aliphatic heterocycles. The summed E-state index contributed by atoms with van der Waals surface area (Å²) >= 11 is 0. The maximum absolute atomic E-state index is 9.53. The highest BCUT2D eigenvalue weighted by molar-refractivity contribution is 5.70. The number of nitriles is 1. The fraction of sp³-hybridized carbons (Fsp3) is 0.167. The average molecular weight is 302 g/mol. The van der Waals surface area contributed by atoms with E-state index in [0.717, 1.165) is 22.3 Å². The van der Waals surface area contributed by atoms with Crippen molar-refractivity contribution in [2.24, 2.45) is 0 Å². The van der Waals surface area contributed by atoms with E-state index < -0.39 is 0 Å². The summed E-state index contributed by atoms with van der Waals surface area (Å²) in [6.45, 7) is 2.30. The minimum atomic E-state index is -0.281. The molecule has 5 heteroatoms. The van der Waals surface area contributed by atoms with Gasteiger partial charge in [0.1, 0.15) is 6.04 Å². The zero-order valence-electron chi connectivity index (χ0n) is 12.6. The van der Waals surface area contributed by atoms with Crippen LogP contribution in [0.5, 0.6) is 0 Å². The molecule has 0 N–H and O–H groups in total. The van der Waals surface area contributed by atoms with Crippen LogP contribution in [-0.4, -0.2) is 15.0 Å². The first-order valence-electron chi connectivity index (χ1n) is 7.41. The van der Waals surface area contributed by atoms with Gasteiger partial charge in [0.05, 0.1) is 6.54 Å². The average Bonchev–Trinajstić information content (AvgIpc) is 3.18. The van der Waals surface area contributed by atoms with E-state index in [1.165, 1.54) is 0 Å². The van der Waals surface area contributed by atoms with E-state index in [4.69, 9.17) is 4.52 Å². The fourth-order valence-corrected chi connectivity index (χ4v) is 3.15. The van der Waals surface area contributed by atoms with Gasteiger partial charge in [-0.1, -0.05) is 53.7 Å². The largest absolute Gasteiger partial charge is 0.340 e. The summed E-state index contributed by atoms with van der Waals surface area (Å²) in [6.07, 6.45) is 2.26. The van der Waals surface area contributed by atoms with Crippen LogP contribution in [0.1, 0.15) is 28.9 Å². The van der Waals surface area contributed by atoms with Crippen LogP contribution in [0.25, 0.3) is 11.1 Å². The number of rotatable bonds is 2. The quantitative estimate of drug-likeness (QED) is 0.678. The molecule has 5 nitrogen and oxygen atoms in total. The smallest absolute Gasteiger partial charge is 0.223 e. The van der Waals surface area contributed by atoms with Gasteiger partial charge in [-0.05, 0) is 22.3 Å². The molecule has 0 bridgehead atoms. The molecule has 0 fully saturated rings. The highest BCUT2D eigenvalue weighted by atomic mass is 16.5. The Morgan fingerprint density at radius 2 is 2.00 bits per heavy atom. The molecule has 1 aromatic heterocycles. The van der Waals surface area contributed by atoms with Crippen molar-refractivity contribution in [3.05, 3.63) is 71.4 Å². The summed E-state index contributed by atoms with van der Waals surface area (Å²) in [5, 5.41) is 13.5. The minimum Gasteiger partial charge on any atom is -0.340 e. The topological polar surface area (TPSA) is 66.0 Å². The highest BCUT2D eigenvalue weighted by Gasteiger charge is 2.35. The monoisotopic (exact) mass is 302 g/mol. The Hall–Kier alpha value is -3.13. The van der Waals surface area contributed by atoms with Gasteiger partial charge in [0.15, 0.2) is 12.0 Å². The molecule has 0 spiro atoms. The molecule has 1 unspecified atom stereocenters. The van der Waals surface area contributed by atoms with Crippen molar-refractivity contribution in [2.45, 2.75) is 19.5 Å². The van der Waals surface area contributed by atoms with E-state index in [2.05, 4.69) is 34.5 Å². The van der Waals surface area contributed by atoms with Gasteiger partial charge in [0.25, 0.3) is 0 Å². The van der Waals surface area contributed by atoms with Crippen molar-refractivity contribution < 1.29 is 4.52 Å². The zero-order valence-corrected chi connectivity index (χ0v) is 12.6. The van der Waals surface area contributed by atoms with Crippen LogP contribution >= 0.6 is 0 Å². The number of aromatic nitrogens is 2. The van der Waals surface area contributed by atoms with Gasteiger partial charge in [0, 0.05) is 6.92 Å². The molecule has 1 atom stereocenters. The zero-order chi connectivity index (χ0) is 15.8. The lowest BCUT2D eigenvalue weighted by Crippen LogP contribution is -2.18. The molecule has 0 saturated carbocycles. The standard InChI is InChI=1S/C18H14N4O/c1-12-20-18(21-23-12)17-15-9-5-8-14(13-6-3-2-4-7-13)16(15)10-22(17)11-19/h2-9,17H,10H2,1H3. The normalized spacial score (nSPS) is 16.2. The number of benzene rings is 2. The Morgan fingerprint density at radius 3 is 2.70 bits per heavy atom. The molecule has 0 aliphatic carbocycles. The summed E-state index contributed by atoms with van der Waals surface area (Å²) in [5.41, 5.74) is 4.50. The van der Waals surface area contributed by atoms with Crippen molar-refractivity contribution >= 4 is 0 Å². The maximum Gasteiger partial charge on any atom is 0.223 e. The summed E-state index contributed by atoms with van der Waals surface area (Å²) in [6, 6.07) is 16.1. The third-order valence-electron chi connectivity index (χ3n) is 4.15. The molecular weight excluding hydrogens is 288 g/mol. The van der Waals surface area contributed by atoms with Gasteiger partial charge in [-0.15, -0.1) is 0 Å². The van der Waals surface area contributed by atoms with Crippen LogP contribution in [0.15, 0.2) is 53.1 Å². The van der Waals surface area contributed by atoms with Gasteiger partial charge in [-0.25, -0.2) is 0 Å². The van der Waals surface area contributed by atoms with Gasteiger partial charge in [-0.2, -0.15) is 10.2 Å². The Bertz CT molecular complexity index is 895. The lowest BCUT2D eigenvalue weighted by atomic mass is 9.95.